The summed E-state index contributed by atoms with van der Waals surface area (Å²) in [6.45, 7) is 2.04. The molecule has 0 bridgehead atoms. The van der Waals surface area contributed by atoms with Crippen LogP contribution in [0.5, 0.6) is 5.75 Å². The van der Waals surface area contributed by atoms with Gasteiger partial charge in [-0.25, -0.2) is 4.39 Å². The number of primary amides is 1. The minimum absolute atomic E-state index is 0.0376. The number of aromatic nitrogens is 1. The largest absolute Gasteiger partial charge is 0.487 e. The van der Waals surface area contributed by atoms with Crippen molar-refractivity contribution in [3.8, 4) is 5.75 Å². The minimum atomic E-state index is -4.89. The molecular formula is C24H24F5N3O4. The van der Waals surface area contributed by atoms with E-state index in [1.54, 1.807) is 0 Å². The maximum Gasteiger partial charge on any atom is 0.417 e. The number of benzene rings is 1. The van der Waals surface area contributed by atoms with Crippen LogP contribution in [-0.2, 0) is 9.53 Å². The van der Waals surface area contributed by atoms with E-state index in [0.717, 1.165) is 31.5 Å². The van der Waals surface area contributed by atoms with Gasteiger partial charge in [-0.05, 0) is 44.4 Å². The Balaban J connectivity index is 1.76. The molecule has 1 aromatic heterocycles. The summed E-state index contributed by atoms with van der Waals surface area (Å²) in [5, 5.41) is 2.41. The predicted molar refractivity (Wildman–Crippen MR) is 117 cm³/mol. The summed E-state index contributed by atoms with van der Waals surface area (Å²) in [7, 11) is 0. The number of hydrogen-bond acceptors (Lipinski definition) is 5. The topological polar surface area (TPSA) is 104 Å². The van der Waals surface area contributed by atoms with Gasteiger partial charge in [0.2, 0.25) is 5.82 Å². The molecule has 0 spiro atoms. The van der Waals surface area contributed by atoms with E-state index in [4.69, 9.17) is 15.2 Å². The molecule has 7 nitrogen and oxygen atoms in total. The Morgan fingerprint density at radius 3 is 2.50 bits per heavy atom. The van der Waals surface area contributed by atoms with Crippen LogP contribution >= 0.6 is 0 Å². The zero-order valence-electron chi connectivity index (χ0n) is 19.4. The number of nitrogens with two attached hydrogens (primary N) is 1. The summed E-state index contributed by atoms with van der Waals surface area (Å²) in [4.78, 5) is 28.4. The molecule has 1 aliphatic heterocycles. The molecule has 1 saturated heterocycles. The molecule has 12 heteroatoms. The fourth-order valence-corrected chi connectivity index (χ4v) is 4.46. The number of pyridine rings is 1. The van der Waals surface area contributed by atoms with Crippen molar-refractivity contribution in [3.63, 3.8) is 0 Å². The van der Waals surface area contributed by atoms with Crippen LogP contribution in [0.4, 0.5) is 27.6 Å². The van der Waals surface area contributed by atoms with E-state index in [-0.39, 0.29) is 16.9 Å². The van der Waals surface area contributed by atoms with Crippen LogP contribution < -0.4 is 15.8 Å². The zero-order chi connectivity index (χ0) is 26.4. The molecule has 3 N–H and O–H groups in total. The van der Waals surface area contributed by atoms with Gasteiger partial charge in [-0.2, -0.15) is 17.6 Å². The molecule has 0 radical (unpaired) electrons. The van der Waals surface area contributed by atoms with E-state index in [2.05, 4.69) is 10.3 Å². The first-order valence-electron chi connectivity index (χ1n) is 11.3. The molecule has 1 aliphatic carbocycles. The number of hydrogen-bond donors (Lipinski definition) is 2. The molecule has 2 aromatic rings. The number of amides is 2. The maximum absolute atomic E-state index is 14.9. The standard InChI is InChI=1S/C24H24F5N3O4/c1-11-17(14-6-7-15(25)18(26)19(14)35-13-4-3-5-13)20(36-23(11,2)24(27,28)29)22(34)32-12-8-9-31-16(10-12)21(30)33/h6-11,13,17,20H,3-5H2,1-2H3,(H2,30,33)(H,31,32,34)/t11-,17+,20+,23+/m1/s1. The van der Waals surface area contributed by atoms with Crippen LogP contribution in [0.2, 0.25) is 0 Å². The van der Waals surface area contributed by atoms with E-state index in [1.807, 2.05) is 0 Å². The molecule has 4 atom stereocenters. The van der Waals surface area contributed by atoms with Gasteiger partial charge in [0.05, 0.1) is 6.10 Å². The Labute approximate surface area is 203 Å². The van der Waals surface area contributed by atoms with Crippen molar-refractivity contribution in [1.29, 1.82) is 0 Å². The molecule has 2 heterocycles. The van der Waals surface area contributed by atoms with Crippen LogP contribution in [0.3, 0.4) is 0 Å². The second kappa shape index (κ2) is 9.30. The highest BCUT2D eigenvalue weighted by Crippen LogP contribution is 2.55. The average Bonchev–Trinajstić information content (AvgIpc) is 3.05. The smallest absolute Gasteiger partial charge is 0.417 e. The van der Waals surface area contributed by atoms with Crippen LogP contribution in [0.15, 0.2) is 30.5 Å². The van der Waals surface area contributed by atoms with E-state index < -0.39 is 65.0 Å². The molecule has 2 fully saturated rings. The van der Waals surface area contributed by atoms with Crippen LogP contribution in [-0.4, -0.2) is 40.8 Å². The van der Waals surface area contributed by atoms with E-state index in [9.17, 15) is 31.5 Å². The first-order chi connectivity index (χ1) is 16.8. The maximum atomic E-state index is 14.9. The average molecular weight is 513 g/mol. The van der Waals surface area contributed by atoms with Crippen molar-refractivity contribution in [2.45, 2.75) is 63.0 Å². The minimum Gasteiger partial charge on any atom is -0.487 e. The summed E-state index contributed by atoms with van der Waals surface area (Å²) >= 11 is 0. The SMILES string of the molecule is C[C@@H]1[C@@H](c2ccc(F)c(F)c2OC2CCC2)[C@@H](C(=O)Nc2ccnc(C(N)=O)c2)O[C@]1(C)C(F)(F)F. The molecule has 0 unspecified atom stereocenters. The highest BCUT2D eigenvalue weighted by atomic mass is 19.4. The van der Waals surface area contributed by atoms with E-state index in [0.29, 0.717) is 12.8 Å². The number of carbonyl (C=O) groups excluding carboxylic acids is 2. The van der Waals surface area contributed by atoms with Crippen molar-refractivity contribution in [2.24, 2.45) is 11.7 Å². The molecule has 1 saturated carbocycles. The monoisotopic (exact) mass is 513 g/mol. The van der Waals surface area contributed by atoms with Gasteiger partial charge in [0, 0.05) is 29.3 Å². The zero-order valence-corrected chi connectivity index (χ0v) is 19.4. The summed E-state index contributed by atoms with van der Waals surface area (Å²) in [5.74, 6) is -7.69. The molecule has 1 aromatic carbocycles. The number of rotatable bonds is 6. The number of ether oxygens (including phenoxy) is 2. The number of alkyl halides is 3. The highest BCUT2D eigenvalue weighted by molar-refractivity contribution is 5.97. The van der Waals surface area contributed by atoms with Crippen molar-refractivity contribution in [1.82, 2.24) is 4.98 Å². The highest BCUT2D eigenvalue weighted by Gasteiger charge is 2.66. The second-order valence-electron chi connectivity index (χ2n) is 9.19. The Kier molecular flexibility index (Phi) is 6.67. The third kappa shape index (κ3) is 4.49. The van der Waals surface area contributed by atoms with Crippen molar-refractivity contribution >= 4 is 17.5 Å². The second-order valence-corrected chi connectivity index (χ2v) is 9.19. The first kappa shape index (κ1) is 25.8. The lowest BCUT2D eigenvalue weighted by molar-refractivity contribution is -0.272. The molecular weight excluding hydrogens is 489 g/mol. The van der Waals surface area contributed by atoms with Gasteiger partial charge in [-0.3, -0.25) is 14.6 Å². The number of nitrogens with zero attached hydrogens (tertiary/aromatic N) is 1. The van der Waals surface area contributed by atoms with Crippen LogP contribution in [0, 0.1) is 17.6 Å². The first-order valence-corrected chi connectivity index (χ1v) is 11.3. The summed E-state index contributed by atoms with van der Waals surface area (Å²) < 4.78 is 82.4. The third-order valence-corrected chi connectivity index (χ3v) is 6.98. The van der Waals surface area contributed by atoms with Crippen LogP contribution in [0.25, 0.3) is 0 Å². The lowest BCUT2D eigenvalue weighted by Crippen LogP contribution is -2.47. The van der Waals surface area contributed by atoms with Gasteiger partial charge in [-0.1, -0.05) is 13.0 Å². The third-order valence-electron chi connectivity index (χ3n) is 6.98. The van der Waals surface area contributed by atoms with Gasteiger partial charge in [0.25, 0.3) is 11.8 Å². The van der Waals surface area contributed by atoms with Crippen molar-refractivity contribution in [2.75, 3.05) is 5.32 Å². The number of carbonyl (C=O) groups is 2. The summed E-state index contributed by atoms with van der Waals surface area (Å²) in [6.07, 6.45) is -3.89. The lowest BCUT2D eigenvalue weighted by atomic mass is 9.76. The van der Waals surface area contributed by atoms with Gasteiger partial charge in [0.15, 0.2) is 17.2 Å². The normalized spacial score (nSPS) is 26.4. The fourth-order valence-electron chi connectivity index (χ4n) is 4.46. The van der Waals surface area contributed by atoms with Gasteiger partial charge >= 0.3 is 6.18 Å². The fraction of sp³-hybridized carbons (Fsp3) is 0.458. The number of anilines is 1. The van der Waals surface area contributed by atoms with E-state index >= 15 is 0 Å². The number of nitrogens with one attached hydrogen (secondary N) is 1. The Morgan fingerprint density at radius 2 is 1.92 bits per heavy atom. The molecule has 2 aliphatic rings. The Bertz CT molecular complexity index is 1190. The van der Waals surface area contributed by atoms with Crippen molar-refractivity contribution in [3.05, 3.63) is 53.4 Å². The molecule has 2 amide bonds. The molecule has 36 heavy (non-hydrogen) atoms. The lowest BCUT2D eigenvalue weighted by Gasteiger charge is -2.32. The summed E-state index contributed by atoms with van der Waals surface area (Å²) in [6, 6.07) is 4.37. The molecule has 194 valence electrons. The van der Waals surface area contributed by atoms with Crippen LogP contribution in [0.1, 0.15) is 55.1 Å². The number of halogens is 5. The van der Waals surface area contributed by atoms with Gasteiger partial charge in [-0.15, -0.1) is 0 Å². The quantitative estimate of drug-likeness (QED) is 0.555. The van der Waals surface area contributed by atoms with Gasteiger partial charge < -0.3 is 20.5 Å². The predicted octanol–water partition coefficient (Wildman–Crippen LogP) is 4.47. The molecule has 4 rings (SSSR count). The van der Waals surface area contributed by atoms with E-state index in [1.165, 1.54) is 19.2 Å². The Morgan fingerprint density at radius 1 is 1.22 bits per heavy atom. The Hall–Kier alpha value is -3.28. The van der Waals surface area contributed by atoms with Gasteiger partial charge in [0.1, 0.15) is 11.8 Å². The van der Waals surface area contributed by atoms with Crippen molar-refractivity contribution < 1.29 is 41.0 Å². The summed E-state index contributed by atoms with van der Waals surface area (Å²) in [5.41, 5.74) is 2.16.